The number of rotatable bonds is 1. The maximum absolute atomic E-state index is 10.6. The molecule has 0 aliphatic heterocycles. The van der Waals surface area contributed by atoms with Crippen LogP contribution in [0, 0.1) is 0 Å². The Balaban J connectivity index is 2.75. The van der Waals surface area contributed by atoms with Crippen LogP contribution in [0.4, 0.5) is 0 Å². The Hall–Kier alpha value is -1.55. The molecular formula is C8H5ClN2O2. The number of pyridine rings is 1. The molecule has 2 N–H and O–H groups in total. The number of aromatic carboxylic acids is 1. The molecule has 0 spiro atoms. The normalized spacial score (nSPS) is 10.5. The van der Waals surface area contributed by atoms with Gasteiger partial charge in [0.1, 0.15) is 5.69 Å². The third-order valence-electron chi connectivity index (χ3n) is 1.70. The number of hydrogen-bond donors (Lipinski definition) is 2. The van der Waals surface area contributed by atoms with E-state index < -0.39 is 5.97 Å². The minimum absolute atomic E-state index is 0.0931. The Morgan fingerprint density at radius 2 is 2.38 bits per heavy atom. The zero-order valence-corrected chi connectivity index (χ0v) is 7.17. The summed E-state index contributed by atoms with van der Waals surface area (Å²) in [5.41, 5.74) is 1.21. The number of carboxylic acids is 1. The molecular weight excluding hydrogens is 192 g/mol. The summed E-state index contributed by atoms with van der Waals surface area (Å²) in [5, 5.41) is 9.14. The number of carboxylic acid groups (broad SMARTS) is 1. The number of hydrogen-bond acceptors (Lipinski definition) is 2. The Kier molecular flexibility index (Phi) is 1.70. The van der Waals surface area contributed by atoms with Crippen molar-refractivity contribution in [2.24, 2.45) is 0 Å². The molecule has 0 radical (unpaired) electrons. The third-order valence-corrected chi connectivity index (χ3v) is 2.02. The molecule has 5 heteroatoms. The average molecular weight is 197 g/mol. The molecule has 2 rings (SSSR count). The van der Waals surface area contributed by atoms with Crippen LogP contribution in [0.1, 0.15) is 10.5 Å². The summed E-state index contributed by atoms with van der Waals surface area (Å²) < 4.78 is 0. The quantitative estimate of drug-likeness (QED) is 0.732. The molecule has 2 aromatic heterocycles. The highest BCUT2D eigenvalue weighted by molar-refractivity contribution is 6.35. The fourth-order valence-electron chi connectivity index (χ4n) is 1.11. The Bertz CT molecular complexity index is 478. The second kappa shape index (κ2) is 2.74. The van der Waals surface area contributed by atoms with Crippen molar-refractivity contribution in [2.45, 2.75) is 0 Å². The zero-order valence-electron chi connectivity index (χ0n) is 6.41. The number of carbonyl (C=O) groups is 1. The van der Waals surface area contributed by atoms with Gasteiger partial charge in [-0.15, -0.1) is 0 Å². The van der Waals surface area contributed by atoms with Gasteiger partial charge in [-0.05, 0) is 12.1 Å². The number of nitrogens with zero attached hydrogens (tertiary/aromatic N) is 1. The first kappa shape index (κ1) is 8.07. The lowest BCUT2D eigenvalue weighted by Crippen LogP contribution is -1.94. The van der Waals surface area contributed by atoms with Crippen molar-refractivity contribution in [2.75, 3.05) is 0 Å². The first-order valence-electron chi connectivity index (χ1n) is 3.55. The predicted molar refractivity (Wildman–Crippen MR) is 48.1 cm³/mol. The maximum atomic E-state index is 10.6. The topological polar surface area (TPSA) is 66.0 Å². The number of nitrogens with one attached hydrogen (secondary N) is 1. The van der Waals surface area contributed by atoms with Crippen LogP contribution in [0.15, 0.2) is 18.3 Å². The van der Waals surface area contributed by atoms with Crippen molar-refractivity contribution in [1.29, 1.82) is 0 Å². The smallest absolute Gasteiger partial charge is 0.352 e. The van der Waals surface area contributed by atoms with Gasteiger partial charge in [0.25, 0.3) is 0 Å². The predicted octanol–water partition coefficient (Wildman–Crippen LogP) is 1.91. The molecule has 13 heavy (non-hydrogen) atoms. The molecule has 0 saturated heterocycles. The van der Waals surface area contributed by atoms with Crippen LogP contribution in [-0.4, -0.2) is 21.0 Å². The molecule has 0 aliphatic carbocycles. The highest BCUT2D eigenvalue weighted by Crippen LogP contribution is 2.21. The van der Waals surface area contributed by atoms with Gasteiger partial charge >= 0.3 is 5.97 Å². The van der Waals surface area contributed by atoms with E-state index in [4.69, 9.17) is 16.7 Å². The first-order valence-corrected chi connectivity index (χ1v) is 3.93. The van der Waals surface area contributed by atoms with Crippen molar-refractivity contribution in [1.82, 2.24) is 9.97 Å². The second-order valence-electron chi connectivity index (χ2n) is 2.54. The largest absolute Gasteiger partial charge is 0.477 e. The Morgan fingerprint density at radius 3 is 3.00 bits per heavy atom. The number of fused-ring (bicyclic) bond motifs is 1. The third kappa shape index (κ3) is 1.25. The van der Waals surface area contributed by atoms with E-state index >= 15 is 0 Å². The summed E-state index contributed by atoms with van der Waals surface area (Å²) >= 11 is 5.81. The second-order valence-corrected chi connectivity index (χ2v) is 2.95. The molecule has 0 aromatic carbocycles. The summed E-state index contributed by atoms with van der Waals surface area (Å²) in [5.74, 6) is -1.02. The monoisotopic (exact) mass is 196 g/mol. The van der Waals surface area contributed by atoms with Crippen molar-refractivity contribution in [3.05, 3.63) is 29.0 Å². The fraction of sp³-hybridized carbons (Fsp3) is 0. The van der Waals surface area contributed by atoms with Gasteiger partial charge < -0.3 is 10.1 Å². The van der Waals surface area contributed by atoms with Crippen LogP contribution in [0.2, 0.25) is 5.02 Å². The van der Waals surface area contributed by atoms with Crippen molar-refractivity contribution >= 4 is 28.6 Å². The SMILES string of the molecule is O=C(O)c1cc2nccc(Cl)c2[nH]1. The minimum Gasteiger partial charge on any atom is -0.477 e. The van der Waals surface area contributed by atoms with Gasteiger partial charge in [-0.25, -0.2) is 4.79 Å². The van der Waals surface area contributed by atoms with Gasteiger partial charge in [0, 0.05) is 6.20 Å². The zero-order chi connectivity index (χ0) is 9.42. The standard InChI is InChI=1S/C8H5ClN2O2/c9-4-1-2-10-5-3-6(8(12)13)11-7(4)5/h1-3,11H,(H,12,13). The number of H-pyrrole nitrogens is 1. The molecule has 0 saturated carbocycles. The molecule has 0 atom stereocenters. The highest BCUT2D eigenvalue weighted by atomic mass is 35.5. The van der Waals surface area contributed by atoms with Crippen molar-refractivity contribution < 1.29 is 9.90 Å². The highest BCUT2D eigenvalue weighted by Gasteiger charge is 2.09. The summed E-state index contributed by atoms with van der Waals surface area (Å²) in [7, 11) is 0. The molecule has 2 heterocycles. The molecule has 4 nitrogen and oxygen atoms in total. The van der Waals surface area contributed by atoms with Gasteiger partial charge in [0.2, 0.25) is 0 Å². The summed E-state index contributed by atoms with van der Waals surface area (Å²) in [6, 6.07) is 3.05. The van der Waals surface area contributed by atoms with E-state index in [1.54, 1.807) is 6.07 Å². The van der Waals surface area contributed by atoms with Crippen LogP contribution in [0.3, 0.4) is 0 Å². The first-order chi connectivity index (χ1) is 6.18. The van der Waals surface area contributed by atoms with E-state index in [9.17, 15) is 4.79 Å². The maximum Gasteiger partial charge on any atom is 0.352 e. The molecule has 0 amide bonds. The summed E-state index contributed by atoms with van der Waals surface area (Å²) in [4.78, 5) is 17.2. The molecule has 2 aromatic rings. The van der Waals surface area contributed by atoms with E-state index in [-0.39, 0.29) is 5.69 Å². The van der Waals surface area contributed by atoms with Crippen LogP contribution >= 0.6 is 11.6 Å². The van der Waals surface area contributed by atoms with Crippen LogP contribution < -0.4 is 0 Å². The number of aromatic nitrogens is 2. The van der Waals surface area contributed by atoms with Crippen molar-refractivity contribution in [3.63, 3.8) is 0 Å². The van der Waals surface area contributed by atoms with Gasteiger partial charge in [-0.3, -0.25) is 4.98 Å². The average Bonchev–Trinajstić information content (AvgIpc) is 2.49. The van der Waals surface area contributed by atoms with Crippen molar-refractivity contribution in [3.8, 4) is 0 Å². The summed E-state index contributed by atoms with van der Waals surface area (Å²) in [6.45, 7) is 0. The lowest BCUT2D eigenvalue weighted by molar-refractivity contribution is 0.0691. The Morgan fingerprint density at radius 1 is 1.62 bits per heavy atom. The fourth-order valence-corrected chi connectivity index (χ4v) is 1.31. The molecule has 0 aliphatic rings. The van der Waals surface area contributed by atoms with E-state index in [1.807, 2.05) is 0 Å². The van der Waals surface area contributed by atoms with Crippen LogP contribution in [0.25, 0.3) is 11.0 Å². The molecule has 66 valence electrons. The van der Waals surface area contributed by atoms with E-state index in [0.717, 1.165) is 0 Å². The molecule has 0 fully saturated rings. The van der Waals surface area contributed by atoms with E-state index in [1.165, 1.54) is 12.3 Å². The van der Waals surface area contributed by atoms with Gasteiger partial charge in [0.15, 0.2) is 0 Å². The number of halogens is 1. The van der Waals surface area contributed by atoms with Gasteiger partial charge in [-0.2, -0.15) is 0 Å². The lowest BCUT2D eigenvalue weighted by Gasteiger charge is -1.89. The lowest BCUT2D eigenvalue weighted by atomic mass is 10.4. The van der Waals surface area contributed by atoms with Gasteiger partial charge in [-0.1, -0.05) is 11.6 Å². The van der Waals surface area contributed by atoms with E-state index in [0.29, 0.717) is 16.1 Å². The van der Waals surface area contributed by atoms with E-state index in [2.05, 4.69) is 9.97 Å². The minimum atomic E-state index is -1.02. The summed E-state index contributed by atoms with van der Waals surface area (Å²) in [6.07, 6.45) is 1.53. The number of aromatic amines is 1. The molecule has 0 unspecified atom stereocenters. The Labute approximate surface area is 78.2 Å². The molecule has 0 bridgehead atoms. The van der Waals surface area contributed by atoms with Crippen LogP contribution in [-0.2, 0) is 0 Å². The van der Waals surface area contributed by atoms with Crippen LogP contribution in [0.5, 0.6) is 0 Å². The van der Waals surface area contributed by atoms with Gasteiger partial charge in [0.05, 0.1) is 16.1 Å².